The largest absolute Gasteiger partial charge is 0.395 e. The third kappa shape index (κ3) is 2.13. The van der Waals surface area contributed by atoms with Crippen LogP contribution in [-0.4, -0.2) is 30.7 Å². The molecule has 1 aromatic carbocycles. The molecule has 1 saturated heterocycles. The molecule has 0 aliphatic carbocycles. The number of hydrogen-bond acceptors (Lipinski definition) is 3. The number of carbonyl (C=O) groups is 1. The summed E-state index contributed by atoms with van der Waals surface area (Å²) in [6, 6.07) is 7.63. The summed E-state index contributed by atoms with van der Waals surface area (Å²) in [4.78, 5) is 12.2. The normalized spacial score (nSPS) is 17.9. The average Bonchev–Trinajstić information content (AvgIpc) is 2.28. The van der Waals surface area contributed by atoms with Gasteiger partial charge in [0.1, 0.15) is 5.41 Å². The summed E-state index contributed by atoms with van der Waals surface area (Å²) in [6.07, 6.45) is 0. The SMILES string of the molecule is CC(C)c1ccc(C(=O)C2(CO)COC2)cc1. The van der Waals surface area contributed by atoms with Crippen LogP contribution in [0.15, 0.2) is 24.3 Å². The molecule has 0 radical (unpaired) electrons. The number of carbonyl (C=O) groups excluding carboxylic acids is 1. The predicted octanol–water partition coefficient (Wildman–Crippen LogP) is 2.00. The molecule has 0 aromatic heterocycles. The van der Waals surface area contributed by atoms with E-state index in [1.807, 2.05) is 24.3 Å². The first-order valence-electron chi connectivity index (χ1n) is 5.92. The van der Waals surface area contributed by atoms with E-state index >= 15 is 0 Å². The highest BCUT2D eigenvalue weighted by Crippen LogP contribution is 2.31. The van der Waals surface area contributed by atoms with Gasteiger partial charge in [-0.3, -0.25) is 4.79 Å². The number of rotatable bonds is 4. The van der Waals surface area contributed by atoms with Gasteiger partial charge in [-0.2, -0.15) is 0 Å². The number of benzene rings is 1. The minimum absolute atomic E-state index is 0.0124. The van der Waals surface area contributed by atoms with Crippen LogP contribution in [0.5, 0.6) is 0 Å². The molecule has 1 fully saturated rings. The van der Waals surface area contributed by atoms with Gasteiger partial charge in [-0.25, -0.2) is 0 Å². The van der Waals surface area contributed by atoms with E-state index < -0.39 is 5.41 Å². The highest BCUT2D eigenvalue weighted by Gasteiger charge is 2.45. The third-order valence-corrected chi connectivity index (χ3v) is 3.38. The topological polar surface area (TPSA) is 46.5 Å². The Bertz CT molecular complexity index is 396. The summed E-state index contributed by atoms with van der Waals surface area (Å²) in [6.45, 7) is 4.75. The molecule has 3 heteroatoms. The van der Waals surface area contributed by atoms with Gasteiger partial charge in [0.2, 0.25) is 0 Å². The zero-order valence-corrected chi connectivity index (χ0v) is 10.3. The molecule has 1 aromatic rings. The van der Waals surface area contributed by atoms with Crippen LogP contribution in [0.4, 0.5) is 0 Å². The molecule has 1 aliphatic heterocycles. The van der Waals surface area contributed by atoms with E-state index in [0.29, 0.717) is 24.7 Å². The molecule has 0 bridgehead atoms. The third-order valence-electron chi connectivity index (χ3n) is 3.38. The number of Topliss-reactive ketones (excluding diaryl/α,β-unsaturated/α-hetero) is 1. The lowest BCUT2D eigenvalue weighted by Gasteiger charge is -2.38. The Balaban J connectivity index is 2.20. The lowest BCUT2D eigenvalue weighted by Crippen LogP contribution is -2.51. The summed E-state index contributed by atoms with van der Waals surface area (Å²) >= 11 is 0. The van der Waals surface area contributed by atoms with Gasteiger partial charge in [-0.05, 0) is 11.5 Å². The second-order valence-corrected chi connectivity index (χ2v) is 5.04. The quantitative estimate of drug-likeness (QED) is 0.810. The first-order valence-corrected chi connectivity index (χ1v) is 5.92. The maximum atomic E-state index is 12.2. The van der Waals surface area contributed by atoms with E-state index in [-0.39, 0.29) is 12.4 Å². The van der Waals surface area contributed by atoms with Crippen LogP contribution >= 0.6 is 0 Å². The van der Waals surface area contributed by atoms with Gasteiger partial charge < -0.3 is 9.84 Å². The smallest absolute Gasteiger partial charge is 0.175 e. The summed E-state index contributed by atoms with van der Waals surface area (Å²) in [7, 11) is 0. The van der Waals surface area contributed by atoms with E-state index in [0.717, 1.165) is 0 Å². The Kier molecular flexibility index (Phi) is 3.31. The fourth-order valence-electron chi connectivity index (χ4n) is 1.97. The number of aliphatic hydroxyl groups excluding tert-OH is 1. The predicted molar refractivity (Wildman–Crippen MR) is 65.2 cm³/mol. The Morgan fingerprint density at radius 1 is 1.35 bits per heavy atom. The minimum Gasteiger partial charge on any atom is -0.395 e. The number of ether oxygens (including phenoxy) is 1. The summed E-state index contributed by atoms with van der Waals surface area (Å²) in [5.41, 5.74) is 1.18. The van der Waals surface area contributed by atoms with Crippen LogP contribution in [-0.2, 0) is 4.74 Å². The van der Waals surface area contributed by atoms with Crippen molar-refractivity contribution >= 4 is 5.78 Å². The molecule has 2 rings (SSSR count). The zero-order chi connectivity index (χ0) is 12.5. The van der Waals surface area contributed by atoms with Crippen molar-refractivity contribution in [2.75, 3.05) is 19.8 Å². The van der Waals surface area contributed by atoms with Crippen molar-refractivity contribution in [1.82, 2.24) is 0 Å². The van der Waals surface area contributed by atoms with Gasteiger partial charge >= 0.3 is 0 Å². The molecule has 0 spiro atoms. The Morgan fingerprint density at radius 3 is 2.29 bits per heavy atom. The van der Waals surface area contributed by atoms with Gasteiger partial charge in [-0.1, -0.05) is 38.1 Å². The highest BCUT2D eigenvalue weighted by molar-refractivity contribution is 6.01. The first kappa shape index (κ1) is 12.3. The van der Waals surface area contributed by atoms with Crippen molar-refractivity contribution in [2.45, 2.75) is 19.8 Å². The van der Waals surface area contributed by atoms with Crippen molar-refractivity contribution < 1.29 is 14.6 Å². The highest BCUT2D eigenvalue weighted by atomic mass is 16.5. The molecule has 0 unspecified atom stereocenters. The Morgan fingerprint density at radius 2 is 1.94 bits per heavy atom. The van der Waals surface area contributed by atoms with Crippen LogP contribution in [0.2, 0.25) is 0 Å². The molecule has 92 valence electrons. The molecule has 1 aliphatic rings. The van der Waals surface area contributed by atoms with Gasteiger partial charge in [0.25, 0.3) is 0 Å². The molecular formula is C14H18O3. The number of aliphatic hydroxyl groups is 1. The molecule has 0 saturated carbocycles. The second kappa shape index (κ2) is 4.59. The zero-order valence-electron chi connectivity index (χ0n) is 10.3. The molecule has 3 nitrogen and oxygen atoms in total. The van der Waals surface area contributed by atoms with E-state index in [9.17, 15) is 9.90 Å². The molecule has 1 N–H and O–H groups in total. The van der Waals surface area contributed by atoms with Crippen LogP contribution < -0.4 is 0 Å². The van der Waals surface area contributed by atoms with Gasteiger partial charge in [0.15, 0.2) is 5.78 Å². The summed E-state index contributed by atoms with van der Waals surface area (Å²) in [5.74, 6) is 0.444. The van der Waals surface area contributed by atoms with E-state index in [1.165, 1.54) is 5.56 Å². The Hall–Kier alpha value is -1.19. The Labute approximate surface area is 101 Å². The average molecular weight is 234 g/mol. The number of ketones is 1. The van der Waals surface area contributed by atoms with Gasteiger partial charge in [0.05, 0.1) is 19.8 Å². The molecule has 1 heterocycles. The van der Waals surface area contributed by atoms with Crippen molar-refractivity contribution in [1.29, 1.82) is 0 Å². The monoisotopic (exact) mass is 234 g/mol. The second-order valence-electron chi connectivity index (χ2n) is 5.04. The maximum Gasteiger partial charge on any atom is 0.175 e. The minimum atomic E-state index is -0.695. The lowest BCUT2D eigenvalue weighted by atomic mass is 9.79. The molecular weight excluding hydrogens is 216 g/mol. The van der Waals surface area contributed by atoms with Crippen molar-refractivity contribution in [3.05, 3.63) is 35.4 Å². The summed E-state index contributed by atoms with van der Waals surface area (Å²) in [5, 5.41) is 9.31. The van der Waals surface area contributed by atoms with Crippen LogP contribution in [0.3, 0.4) is 0 Å². The van der Waals surface area contributed by atoms with Gasteiger partial charge in [0, 0.05) is 5.56 Å². The van der Waals surface area contributed by atoms with E-state index in [4.69, 9.17) is 4.74 Å². The maximum absolute atomic E-state index is 12.2. The van der Waals surface area contributed by atoms with E-state index in [1.54, 1.807) is 0 Å². The van der Waals surface area contributed by atoms with Crippen molar-refractivity contribution in [3.63, 3.8) is 0 Å². The number of hydrogen-bond donors (Lipinski definition) is 1. The van der Waals surface area contributed by atoms with Gasteiger partial charge in [-0.15, -0.1) is 0 Å². The van der Waals surface area contributed by atoms with Crippen molar-refractivity contribution in [3.8, 4) is 0 Å². The summed E-state index contributed by atoms with van der Waals surface area (Å²) < 4.78 is 5.05. The molecule has 0 amide bonds. The van der Waals surface area contributed by atoms with Crippen LogP contribution in [0, 0.1) is 5.41 Å². The fraction of sp³-hybridized carbons (Fsp3) is 0.500. The van der Waals surface area contributed by atoms with E-state index in [2.05, 4.69) is 13.8 Å². The van der Waals surface area contributed by atoms with Crippen LogP contribution in [0.1, 0.15) is 35.7 Å². The van der Waals surface area contributed by atoms with Crippen molar-refractivity contribution in [2.24, 2.45) is 5.41 Å². The molecule has 0 atom stereocenters. The first-order chi connectivity index (χ1) is 8.09. The molecule has 17 heavy (non-hydrogen) atoms. The standard InChI is InChI=1S/C14H18O3/c1-10(2)11-3-5-12(6-4-11)13(16)14(7-15)8-17-9-14/h3-6,10,15H,7-9H2,1-2H3. The van der Waals surface area contributed by atoms with Crippen LogP contribution in [0.25, 0.3) is 0 Å². The fourth-order valence-corrected chi connectivity index (χ4v) is 1.97. The lowest BCUT2D eigenvalue weighted by molar-refractivity contribution is -0.109.